The van der Waals surface area contributed by atoms with E-state index < -0.39 is 29.8 Å². The van der Waals surface area contributed by atoms with Gasteiger partial charge in [-0.25, -0.2) is 9.59 Å². The summed E-state index contributed by atoms with van der Waals surface area (Å²) in [6.07, 6.45) is -1.95. The summed E-state index contributed by atoms with van der Waals surface area (Å²) in [5, 5.41) is 18.1. The SMILES string of the molecule is C[C@@H](O)[C@@H](C(=O)O)N(C)C(=O)OC(C)(C)C. The van der Waals surface area contributed by atoms with E-state index in [1.54, 1.807) is 20.8 Å². The van der Waals surface area contributed by atoms with Crippen LogP contribution in [0.1, 0.15) is 27.7 Å². The zero-order valence-electron chi connectivity index (χ0n) is 10.2. The van der Waals surface area contributed by atoms with Crippen LogP contribution < -0.4 is 0 Å². The molecule has 0 saturated heterocycles. The standard InChI is InChI=1S/C10H19NO5/c1-6(12)7(8(13)14)11(5)9(15)16-10(2,3)4/h6-7,12H,1-5H3,(H,13,14)/t6-,7+/m1/s1. The summed E-state index contributed by atoms with van der Waals surface area (Å²) in [5.41, 5.74) is -0.701. The molecule has 0 aromatic heterocycles. The average molecular weight is 233 g/mol. The maximum atomic E-state index is 11.5. The molecule has 2 N–H and O–H groups in total. The Bertz CT molecular complexity index is 269. The van der Waals surface area contributed by atoms with Gasteiger partial charge in [0.05, 0.1) is 6.10 Å². The molecule has 16 heavy (non-hydrogen) atoms. The average Bonchev–Trinajstić information content (AvgIpc) is 1.98. The number of carbonyl (C=O) groups is 2. The van der Waals surface area contributed by atoms with Crippen molar-refractivity contribution in [2.75, 3.05) is 7.05 Å². The first-order chi connectivity index (χ1) is 7.06. The van der Waals surface area contributed by atoms with Gasteiger partial charge in [-0.15, -0.1) is 0 Å². The molecule has 0 unspecified atom stereocenters. The number of aliphatic carboxylic acids is 1. The van der Waals surface area contributed by atoms with E-state index in [9.17, 15) is 14.7 Å². The van der Waals surface area contributed by atoms with Crippen molar-refractivity contribution in [3.05, 3.63) is 0 Å². The summed E-state index contributed by atoms with van der Waals surface area (Å²) in [6, 6.07) is -1.31. The number of rotatable bonds is 3. The molecule has 0 radical (unpaired) electrons. The summed E-state index contributed by atoms with van der Waals surface area (Å²) < 4.78 is 4.99. The van der Waals surface area contributed by atoms with Crippen molar-refractivity contribution >= 4 is 12.1 Å². The van der Waals surface area contributed by atoms with Crippen molar-refractivity contribution < 1.29 is 24.5 Å². The number of amides is 1. The molecule has 6 nitrogen and oxygen atoms in total. The zero-order chi connectivity index (χ0) is 13.1. The maximum absolute atomic E-state index is 11.5. The fraction of sp³-hybridized carbons (Fsp3) is 0.800. The van der Waals surface area contributed by atoms with E-state index in [1.165, 1.54) is 14.0 Å². The number of hydrogen-bond acceptors (Lipinski definition) is 4. The quantitative estimate of drug-likeness (QED) is 0.748. The van der Waals surface area contributed by atoms with Crippen molar-refractivity contribution in [1.29, 1.82) is 0 Å². The van der Waals surface area contributed by atoms with Crippen LogP contribution in [0.3, 0.4) is 0 Å². The van der Waals surface area contributed by atoms with Gasteiger partial charge in [0, 0.05) is 7.05 Å². The molecule has 0 aromatic carbocycles. The van der Waals surface area contributed by atoms with Gasteiger partial charge in [0.15, 0.2) is 6.04 Å². The molecule has 0 spiro atoms. The monoisotopic (exact) mass is 233 g/mol. The highest BCUT2D eigenvalue weighted by atomic mass is 16.6. The van der Waals surface area contributed by atoms with Crippen LogP contribution in [0.25, 0.3) is 0 Å². The first-order valence-electron chi connectivity index (χ1n) is 4.93. The van der Waals surface area contributed by atoms with Gasteiger partial charge in [-0.2, -0.15) is 0 Å². The van der Waals surface area contributed by atoms with Crippen molar-refractivity contribution in [3.63, 3.8) is 0 Å². The van der Waals surface area contributed by atoms with Crippen LogP contribution in [0.15, 0.2) is 0 Å². The predicted molar refractivity (Wildman–Crippen MR) is 57.1 cm³/mol. The van der Waals surface area contributed by atoms with E-state index in [0.29, 0.717) is 0 Å². The largest absolute Gasteiger partial charge is 0.480 e. The fourth-order valence-electron chi connectivity index (χ4n) is 1.14. The smallest absolute Gasteiger partial charge is 0.410 e. The Balaban J connectivity index is 4.69. The molecule has 0 saturated carbocycles. The molecule has 94 valence electrons. The Morgan fingerprint density at radius 3 is 2.00 bits per heavy atom. The molecule has 0 aliphatic heterocycles. The number of ether oxygens (including phenoxy) is 1. The number of carboxylic acid groups (broad SMARTS) is 1. The molecule has 0 rings (SSSR count). The van der Waals surface area contributed by atoms with Gasteiger partial charge in [-0.3, -0.25) is 4.90 Å². The number of aliphatic hydroxyl groups is 1. The lowest BCUT2D eigenvalue weighted by molar-refractivity contribution is -0.146. The molecular formula is C10H19NO5. The van der Waals surface area contributed by atoms with Crippen LogP contribution >= 0.6 is 0 Å². The third-order valence-corrected chi connectivity index (χ3v) is 1.81. The Morgan fingerprint density at radius 2 is 1.75 bits per heavy atom. The maximum Gasteiger partial charge on any atom is 0.410 e. The molecule has 0 fully saturated rings. The molecule has 2 atom stereocenters. The first-order valence-corrected chi connectivity index (χ1v) is 4.93. The lowest BCUT2D eigenvalue weighted by Gasteiger charge is -2.29. The molecule has 0 aromatic rings. The second-order valence-corrected chi connectivity index (χ2v) is 4.61. The highest BCUT2D eigenvalue weighted by molar-refractivity contribution is 5.80. The van der Waals surface area contributed by atoms with Crippen LogP contribution in [0.2, 0.25) is 0 Å². The Morgan fingerprint density at radius 1 is 1.31 bits per heavy atom. The van der Waals surface area contributed by atoms with E-state index >= 15 is 0 Å². The fourth-order valence-corrected chi connectivity index (χ4v) is 1.14. The second kappa shape index (κ2) is 5.16. The van der Waals surface area contributed by atoms with E-state index in [-0.39, 0.29) is 0 Å². The Hall–Kier alpha value is -1.30. The zero-order valence-corrected chi connectivity index (χ0v) is 10.2. The lowest BCUT2D eigenvalue weighted by Crippen LogP contribution is -2.50. The number of carboxylic acids is 1. The summed E-state index contributed by atoms with van der Waals surface area (Å²) in [6.45, 7) is 6.34. The Kier molecular flexibility index (Phi) is 4.74. The molecule has 0 aliphatic carbocycles. The van der Waals surface area contributed by atoms with Gasteiger partial charge in [0.1, 0.15) is 5.60 Å². The molecule has 0 bridgehead atoms. The van der Waals surface area contributed by atoms with Crippen molar-refractivity contribution in [2.45, 2.75) is 45.4 Å². The number of likely N-dealkylation sites (N-methyl/N-ethyl adjacent to an activating group) is 1. The van der Waals surface area contributed by atoms with Gasteiger partial charge in [-0.05, 0) is 27.7 Å². The number of aliphatic hydroxyl groups excluding tert-OH is 1. The van der Waals surface area contributed by atoms with Crippen LogP contribution in [0.4, 0.5) is 4.79 Å². The topological polar surface area (TPSA) is 87.1 Å². The predicted octanol–water partition coefficient (Wildman–Crippen LogP) is 0.687. The van der Waals surface area contributed by atoms with Crippen LogP contribution in [0, 0.1) is 0 Å². The van der Waals surface area contributed by atoms with Gasteiger partial charge in [0.25, 0.3) is 0 Å². The summed E-state index contributed by atoms with van der Waals surface area (Å²) in [5.74, 6) is -1.27. The normalized spacial score (nSPS) is 15.1. The van der Waals surface area contributed by atoms with Crippen molar-refractivity contribution in [3.8, 4) is 0 Å². The minimum atomic E-state index is -1.31. The molecule has 1 amide bonds. The van der Waals surface area contributed by atoms with E-state index in [4.69, 9.17) is 9.84 Å². The van der Waals surface area contributed by atoms with Crippen LogP contribution in [-0.4, -0.2) is 52.0 Å². The van der Waals surface area contributed by atoms with E-state index in [2.05, 4.69) is 0 Å². The lowest BCUT2D eigenvalue weighted by atomic mass is 10.1. The highest BCUT2D eigenvalue weighted by Crippen LogP contribution is 2.12. The summed E-state index contributed by atoms with van der Waals surface area (Å²) in [4.78, 5) is 23.3. The van der Waals surface area contributed by atoms with Gasteiger partial charge < -0.3 is 14.9 Å². The molecule has 6 heteroatoms. The number of hydrogen-bond donors (Lipinski definition) is 2. The Labute approximate surface area is 94.8 Å². The van der Waals surface area contributed by atoms with Crippen LogP contribution in [-0.2, 0) is 9.53 Å². The van der Waals surface area contributed by atoms with Gasteiger partial charge in [0.2, 0.25) is 0 Å². The van der Waals surface area contributed by atoms with Crippen LogP contribution in [0.5, 0.6) is 0 Å². The number of carbonyl (C=O) groups excluding carboxylic acids is 1. The minimum Gasteiger partial charge on any atom is -0.480 e. The molecule has 0 aliphatic rings. The van der Waals surface area contributed by atoms with E-state index in [1.807, 2.05) is 0 Å². The minimum absolute atomic E-state index is 0.701. The van der Waals surface area contributed by atoms with E-state index in [0.717, 1.165) is 4.90 Å². The third-order valence-electron chi connectivity index (χ3n) is 1.81. The third kappa shape index (κ3) is 4.48. The summed E-state index contributed by atoms with van der Waals surface area (Å²) in [7, 11) is 1.28. The molecular weight excluding hydrogens is 214 g/mol. The number of nitrogens with zero attached hydrogens (tertiary/aromatic N) is 1. The van der Waals surface area contributed by atoms with Crippen molar-refractivity contribution in [1.82, 2.24) is 4.90 Å². The first kappa shape index (κ1) is 14.7. The van der Waals surface area contributed by atoms with Crippen molar-refractivity contribution in [2.24, 2.45) is 0 Å². The molecule has 0 heterocycles. The summed E-state index contributed by atoms with van der Waals surface area (Å²) >= 11 is 0. The second-order valence-electron chi connectivity index (χ2n) is 4.61. The highest BCUT2D eigenvalue weighted by Gasteiger charge is 2.33. The van der Waals surface area contributed by atoms with Gasteiger partial charge >= 0.3 is 12.1 Å². The van der Waals surface area contributed by atoms with Gasteiger partial charge in [-0.1, -0.05) is 0 Å².